The highest BCUT2D eigenvalue weighted by Crippen LogP contribution is 2.38. The molecule has 2 amide bonds. The quantitative estimate of drug-likeness (QED) is 0.612. The number of urea groups is 1. The van der Waals surface area contributed by atoms with Crippen molar-refractivity contribution < 1.29 is 14.1 Å². The average Bonchev–Trinajstić information content (AvgIpc) is 3.32. The Hall–Kier alpha value is -2.39. The van der Waals surface area contributed by atoms with Gasteiger partial charge < -0.3 is 10.4 Å². The Morgan fingerprint density at radius 1 is 1.29 bits per heavy atom. The molecule has 4 rings (SSSR count). The number of benzene rings is 1. The van der Waals surface area contributed by atoms with Gasteiger partial charge in [0.15, 0.2) is 14.9 Å². The minimum absolute atomic E-state index is 0.0354. The van der Waals surface area contributed by atoms with Crippen LogP contribution in [0, 0.1) is 4.78 Å². The molecule has 2 atom stereocenters. The summed E-state index contributed by atoms with van der Waals surface area (Å²) in [7, 11) is -3.60. The fourth-order valence-electron chi connectivity index (χ4n) is 4.16. The number of aromatic nitrogens is 2. The summed E-state index contributed by atoms with van der Waals surface area (Å²) < 4.78 is 24.5. The molecule has 1 heterocycles. The molecule has 0 radical (unpaired) electrons. The lowest BCUT2D eigenvalue weighted by molar-refractivity contribution is 0.168. The van der Waals surface area contributed by atoms with Crippen LogP contribution >= 0.6 is 0 Å². The molecular formula is C19H25N5O3S. The molecule has 8 nitrogen and oxygen atoms in total. The van der Waals surface area contributed by atoms with Crippen molar-refractivity contribution in [3.63, 3.8) is 0 Å². The molecule has 0 spiro atoms. The number of rotatable bonds is 5. The summed E-state index contributed by atoms with van der Waals surface area (Å²) in [6, 6.07) is 3.05. The first-order chi connectivity index (χ1) is 13.3. The number of anilines is 1. The molecule has 0 aliphatic heterocycles. The van der Waals surface area contributed by atoms with Crippen LogP contribution in [0.2, 0.25) is 0 Å². The fourth-order valence-corrected chi connectivity index (χ4v) is 5.05. The minimum atomic E-state index is -3.60. The van der Waals surface area contributed by atoms with Crippen molar-refractivity contribution in [3.8, 4) is 0 Å². The van der Waals surface area contributed by atoms with Crippen LogP contribution in [0.4, 0.5) is 10.5 Å². The van der Waals surface area contributed by atoms with E-state index in [4.69, 9.17) is 4.78 Å². The number of carbonyl (C=O) groups is 1. The monoisotopic (exact) mass is 403 g/mol. The summed E-state index contributed by atoms with van der Waals surface area (Å²) in [5.74, 6) is 0. The van der Waals surface area contributed by atoms with E-state index in [9.17, 15) is 14.1 Å². The van der Waals surface area contributed by atoms with Gasteiger partial charge in [0.1, 0.15) is 0 Å². The predicted octanol–water partition coefficient (Wildman–Crippen LogP) is 2.38. The van der Waals surface area contributed by atoms with Gasteiger partial charge in [0, 0.05) is 11.9 Å². The summed E-state index contributed by atoms with van der Waals surface area (Å²) in [4.78, 5) is 12.6. The van der Waals surface area contributed by atoms with Gasteiger partial charge in [-0.25, -0.2) is 18.5 Å². The number of amides is 2. The number of aryl methyl sites for hydroxylation is 2. The Labute approximate surface area is 164 Å². The lowest BCUT2D eigenvalue weighted by atomic mass is 9.99. The molecule has 0 fully saturated rings. The van der Waals surface area contributed by atoms with E-state index in [2.05, 4.69) is 21.2 Å². The SMILES string of the molecule is C[C@H](O)Cn1ccc(S(=N)(=O)NC(=O)Nc2c3c(cc4c2CCC4)CCC3)n1. The molecule has 2 aliphatic rings. The number of fused-ring (bicyclic) bond motifs is 2. The zero-order chi connectivity index (χ0) is 19.9. The minimum Gasteiger partial charge on any atom is -0.391 e. The Balaban J connectivity index is 1.53. The highest BCUT2D eigenvalue weighted by Gasteiger charge is 2.26. The van der Waals surface area contributed by atoms with Gasteiger partial charge in [0.2, 0.25) is 0 Å². The first kappa shape index (κ1) is 18.9. The topological polar surface area (TPSA) is 120 Å². The number of hydrogen-bond donors (Lipinski definition) is 4. The third-order valence-electron chi connectivity index (χ3n) is 5.31. The summed E-state index contributed by atoms with van der Waals surface area (Å²) >= 11 is 0. The van der Waals surface area contributed by atoms with Crippen LogP contribution < -0.4 is 10.0 Å². The molecule has 28 heavy (non-hydrogen) atoms. The zero-order valence-electron chi connectivity index (χ0n) is 15.8. The van der Waals surface area contributed by atoms with Crippen LogP contribution in [0.25, 0.3) is 0 Å². The van der Waals surface area contributed by atoms with E-state index in [1.165, 1.54) is 39.2 Å². The standard InChI is InChI=1S/C19H25N5O3S/c1-12(25)11-24-9-8-17(22-24)28(20,27)23-19(26)21-18-15-6-2-4-13(15)10-14-5-3-7-16(14)18/h8-10,12,25H,2-7,11H2,1H3,(H3,20,21,23,26,27)/t12-,28?/m0/s1. The number of aliphatic hydroxyl groups is 1. The highest BCUT2D eigenvalue weighted by atomic mass is 32.2. The van der Waals surface area contributed by atoms with Crippen molar-refractivity contribution in [1.82, 2.24) is 14.5 Å². The van der Waals surface area contributed by atoms with Gasteiger partial charge in [0.25, 0.3) is 0 Å². The van der Waals surface area contributed by atoms with Gasteiger partial charge in [-0.05, 0) is 73.8 Å². The zero-order valence-corrected chi connectivity index (χ0v) is 16.6. The maximum Gasteiger partial charge on any atom is 0.332 e. The first-order valence-corrected chi connectivity index (χ1v) is 11.1. The van der Waals surface area contributed by atoms with E-state index in [0.717, 1.165) is 44.2 Å². The predicted molar refractivity (Wildman–Crippen MR) is 106 cm³/mol. The van der Waals surface area contributed by atoms with Crippen molar-refractivity contribution in [2.24, 2.45) is 0 Å². The summed E-state index contributed by atoms with van der Waals surface area (Å²) in [6.07, 6.45) is 6.97. The van der Waals surface area contributed by atoms with Crippen LogP contribution in [0.1, 0.15) is 42.0 Å². The van der Waals surface area contributed by atoms with Crippen LogP contribution in [-0.2, 0) is 42.1 Å². The van der Waals surface area contributed by atoms with Crippen LogP contribution in [0.5, 0.6) is 0 Å². The van der Waals surface area contributed by atoms with Gasteiger partial charge in [-0.15, -0.1) is 0 Å². The van der Waals surface area contributed by atoms with Crippen LogP contribution in [0.3, 0.4) is 0 Å². The highest BCUT2D eigenvalue weighted by molar-refractivity contribution is 7.91. The third kappa shape index (κ3) is 3.64. The van der Waals surface area contributed by atoms with E-state index < -0.39 is 22.1 Å². The molecule has 0 saturated carbocycles. The van der Waals surface area contributed by atoms with E-state index in [-0.39, 0.29) is 11.6 Å². The maximum atomic E-state index is 12.7. The molecule has 0 saturated heterocycles. The van der Waals surface area contributed by atoms with Gasteiger partial charge in [-0.3, -0.25) is 4.68 Å². The molecule has 0 bridgehead atoms. The molecule has 1 unspecified atom stereocenters. The Morgan fingerprint density at radius 3 is 2.54 bits per heavy atom. The molecule has 1 aromatic heterocycles. The van der Waals surface area contributed by atoms with Crippen molar-refractivity contribution in [1.29, 1.82) is 4.78 Å². The van der Waals surface area contributed by atoms with E-state index in [1.54, 1.807) is 6.92 Å². The summed E-state index contributed by atoms with van der Waals surface area (Å²) in [5.41, 5.74) is 5.77. The van der Waals surface area contributed by atoms with Gasteiger partial charge >= 0.3 is 6.03 Å². The second-order valence-electron chi connectivity index (χ2n) is 7.57. The van der Waals surface area contributed by atoms with Gasteiger partial charge in [-0.1, -0.05) is 6.07 Å². The van der Waals surface area contributed by atoms with E-state index in [0.29, 0.717) is 0 Å². The van der Waals surface area contributed by atoms with Crippen molar-refractivity contribution >= 4 is 21.6 Å². The molecule has 2 aliphatic carbocycles. The summed E-state index contributed by atoms with van der Waals surface area (Å²) in [6.45, 7) is 1.84. The van der Waals surface area contributed by atoms with Crippen LogP contribution in [-0.4, -0.2) is 31.2 Å². The van der Waals surface area contributed by atoms with Crippen molar-refractivity contribution in [2.75, 3.05) is 5.32 Å². The Kier molecular flexibility index (Phi) is 4.88. The number of nitrogens with one attached hydrogen (secondary N) is 3. The number of hydrogen-bond acceptors (Lipinski definition) is 5. The number of carbonyl (C=O) groups excluding carboxylic acids is 1. The smallest absolute Gasteiger partial charge is 0.332 e. The second kappa shape index (κ2) is 7.21. The van der Waals surface area contributed by atoms with Crippen LogP contribution in [0.15, 0.2) is 23.4 Å². The number of aliphatic hydroxyl groups excluding tert-OH is 1. The van der Waals surface area contributed by atoms with E-state index >= 15 is 0 Å². The largest absolute Gasteiger partial charge is 0.391 e. The maximum absolute atomic E-state index is 12.7. The normalized spacial score (nSPS) is 18.2. The molecule has 150 valence electrons. The summed E-state index contributed by atoms with van der Waals surface area (Å²) in [5, 5.41) is 16.3. The molecule has 4 N–H and O–H groups in total. The number of nitrogens with zero attached hydrogens (tertiary/aromatic N) is 2. The molecule has 9 heteroatoms. The van der Waals surface area contributed by atoms with E-state index in [1.807, 2.05) is 0 Å². The second-order valence-corrected chi connectivity index (χ2v) is 9.31. The molecule has 1 aromatic carbocycles. The van der Waals surface area contributed by atoms with Gasteiger partial charge in [-0.2, -0.15) is 5.10 Å². The van der Waals surface area contributed by atoms with Gasteiger partial charge in [0.05, 0.1) is 12.6 Å². The van der Waals surface area contributed by atoms with Crippen molar-refractivity contribution in [3.05, 3.63) is 40.6 Å². The first-order valence-electron chi connectivity index (χ1n) is 9.59. The molecule has 2 aromatic rings. The Morgan fingerprint density at radius 2 is 1.93 bits per heavy atom. The molecular weight excluding hydrogens is 378 g/mol. The Bertz CT molecular complexity index is 994. The lowest BCUT2D eigenvalue weighted by Gasteiger charge is -2.17. The van der Waals surface area contributed by atoms with Crippen molar-refractivity contribution in [2.45, 2.75) is 63.1 Å². The third-order valence-corrected chi connectivity index (χ3v) is 6.59. The lowest BCUT2D eigenvalue weighted by Crippen LogP contribution is -2.34. The fraction of sp³-hybridized carbons (Fsp3) is 0.474. The average molecular weight is 404 g/mol.